The van der Waals surface area contributed by atoms with Crippen LogP contribution in [-0.2, 0) is 42.8 Å². The van der Waals surface area contributed by atoms with E-state index in [1.165, 1.54) is 18.2 Å². The van der Waals surface area contributed by atoms with Gasteiger partial charge in [-0.1, -0.05) is 12.1 Å². The van der Waals surface area contributed by atoms with Gasteiger partial charge in [0, 0.05) is 6.20 Å². The van der Waals surface area contributed by atoms with E-state index in [4.69, 9.17) is 24.3 Å². The molecule has 40 heavy (non-hydrogen) atoms. The number of aromatic nitrogens is 2. The van der Waals surface area contributed by atoms with Crippen LogP contribution in [0, 0.1) is 5.82 Å². The molecular formula is C18H25FN3O15P3. The summed E-state index contributed by atoms with van der Waals surface area (Å²) in [5.41, 5.74) is 2.27. The molecule has 0 amide bonds. The molecule has 18 nitrogen and oxygen atoms in total. The predicted octanol–water partition coefficient (Wildman–Crippen LogP) is 0.321. The van der Waals surface area contributed by atoms with Gasteiger partial charge in [0.1, 0.15) is 24.1 Å². The van der Waals surface area contributed by atoms with Gasteiger partial charge in [-0.15, -0.1) is 0 Å². The lowest BCUT2D eigenvalue weighted by Gasteiger charge is -2.19. The zero-order valence-corrected chi connectivity index (χ0v) is 22.8. The molecule has 0 spiro atoms. The van der Waals surface area contributed by atoms with Crippen LogP contribution in [0.3, 0.4) is 0 Å². The Balaban J connectivity index is 1.52. The van der Waals surface area contributed by atoms with Crippen molar-refractivity contribution < 1.29 is 70.6 Å². The lowest BCUT2D eigenvalue weighted by molar-refractivity contribution is -0.0541. The summed E-state index contributed by atoms with van der Waals surface area (Å²) in [5, 5.41) is 20.5. The minimum Gasteiger partial charge on any atom is -0.387 e. The van der Waals surface area contributed by atoms with Crippen molar-refractivity contribution in [2.45, 2.75) is 37.4 Å². The highest BCUT2D eigenvalue weighted by Crippen LogP contribution is 2.66. The van der Waals surface area contributed by atoms with E-state index >= 15 is 0 Å². The normalized spacial score (nSPS) is 24.4. The summed E-state index contributed by atoms with van der Waals surface area (Å²) in [6.45, 7) is -0.862. The van der Waals surface area contributed by atoms with Crippen LogP contribution in [0.15, 0.2) is 41.3 Å². The summed E-state index contributed by atoms with van der Waals surface area (Å²) in [5.74, 6) is -0.361. The molecule has 0 radical (unpaired) electrons. The molecule has 2 aromatic rings. The van der Waals surface area contributed by atoms with Crippen molar-refractivity contribution in [1.29, 1.82) is 0 Å². The summed E-state index contributed by atoms with van der Waals surface area (Å²) >= 11 is 0. The van der Waals surface area contributed by atoms with Crippen molar-refractivity contribution in [3.63, 3.8) is 0 Å². The molecule has 1 aromatic carbocycles. The van der Waals surface area contributed by atoms with Crippen molar-refractivity contribution in [1.82, 2.24) is 9.55 Å². The number of aryl methyl sites for hydroxylation is 1. The first-order chi connectivity index (χ1) is 18.6. The van der Waals surface area contributed by atoms with E-state index in [9.17, 15) is 38.0 Å². The molecule has 1 aliphatic rings. The van der Waals surface area contributed by atoms with Gasteiger partial charge in [-0.25, -0.2) is 28.4 Å². The zero-order chi connectivity index (χ0) is 29.7. The van der Waals surface area contributed by atoms with Crippen LogP contribution < -0.4 is 11.2 Å². The van der Waals surface area contributed by atoms with Crippen LogP contribution in [0.4, 0.5) is 10.2 Å². The summed E-state index contributed by atoms with van der Waals surface area (Å²) < 4.78 is 64.7. The van der Waals surface area contributed by atoms with Crippen LogP contribution in [0.25, 0.3) is 0 Å². The van der Waals surface area contributed by atoms with E-state index in [0.717, 1.165) is 16.3 Å². The molecule has 0 saturated carbocycles. The number of aliphatic hydroxyl groups is 2. The fraction of sp³-hybridized carbons (Fsp3) is 0.444. The maximum Gasteiger partial charge on any atom is 0.490 e. The maximum atomic E-state index is 13.2. The number of nitrogens with one attached hydrogen (secondary N) is 1. The first kappa shape index (κ1) is 32.6. The van der Waals surface area contributed by atoms with Crippen molar-refractivity contribution in [3.05, 3.63) is 58.4 Å². The molecule has 2 heterocycles. The molecule has 1 fully saturated rings. The summed E-state index contributed by atoms with van der Waals surface area (Å²) in [6, 6.07) is 7.35. The molecule has 0 aliphatic carbocycles. The minimum absolute atomic E-state index is 0.00995. The number of hydrogen-bond acceptors (Lipinski definition) is 13. The molecule has 224 valence electrons. The molecule has 1 aliphatic heterocycles. The highest BCUT2D eigenvalue weighted by Gasteiger charge is 2.46. The molecular weight excluding hydrogens is 610 g/mol. The van der Waals surface area contributed by atoms with Gasteiger partial charge in [0.25, 0.3) is 0 Å². The fourth-order valence-electron chi connectivity index (χ4n) is 3.40. The number of phosphoric acid groups is 3. The number of halogens is 1. The molecule has 22 heteroatoms. The summed E-state index contributed by atoms with van der Waals surface area (Å²) in [4.78, 5) is 57.2. The second kappa shape index (κ2) is 13.4. The van der Waals surface area contributed by atoms with Gasteiger partial charge in [-0.3, -0.25) is 13.9 Å². The number of anilines is 1. The van der Waals surface area contributed by atoms with Gasteiger partial charge in [0.15, 0.2) is 12.0 Å². The number of nitrogens with zero attached hydrogens (tertiary/aromatic N) is 2. The monoisotopic (exact) mass is 635 g/mol. The van der Waals surface area contributed by atoms with Gasteiger partial charge < -0.3 is 34.5 Å². The van der Waals surface area contributed by atoms with Crippen molar-refractivity contribution in [2.24, 2.45) is 0 Å². The first-order valence-electron chi connectivity index (χ1n) is 11.1. The van der Waals surface area contributed by atoms with Crippen molar-refractivity contribution in [3.8, 4) is 0 Å². The number of benzene rings is 1. The third-order valence-electron chi connectivity index (χ3n) is 5.04. The largest absolute Gasteiger partial charge is 0.490 e. The zero-order valence-electron chi connectivity index (χ0n) is 20.1. The van der Waals surface area contributed by atoms with Crippen LogP contribution in [0.5, 0.6) is 0 Å². The van der Waals surface area contributed by atoms with Crippen molar-refractivity contribution in [2.75, 3.05) is 18.7 Å². The van der Waals surface area contributed by atoms with Gasteiger partial charge in [-0.2, -0.15) is 13.6 Å². The average Bonchev–Trinajstić information content (AvgIpc) is 3.09. The molecule has 1 aromatic heterocycles. The Bertz CT molecular complexity index is 1370. The van der Waals surface area contributed by atoms with Crippen LogP contribution in [0.2, 0.25) is 0 Å². The van der Waals surface area contributed by atoms with Gasteiger partial charge in [0.2, 0.25) is 0 Å². The van der Waals surface area contributed by atoms with E-state index in [2.05, 4.69) is 23.6 Å². The Labute approximate surface area is 224 Å². The SMILES string of the molecule is O=c1nc(NOCCCc2cccc(F)c2)ccn1[C@@H]1O[C@H](COP(=O)(O)OP(=O)(O)OP(=O)(O)O)[C@@H](O)[C@H]1O. The summed E-state index contributed by atoms with van der Waals surface area (Å²) in [7, 11) is -16.9. The minimum atomic E-state index is -5.76. The molecule has 6 atom stereocenters. The third kappa shape index (κ3) is 9.87. The van der Waals surface area contributed by atoms with Gasteiger partial charge >= 0.3 is 29.2 Å². The van der Waals surface area contributed by atoms with E-state index in [1.54, 1.807) is 12.1 Å². The van der Waals surface area contributed by atoms with Gasteiger partial charge in [-0.05, 0) is 36.6 Å². The molecule has 7 N–H and O–H groups in total. The Morgan fingerprint density at radius 1 is 1.05 bits per heavy atom. The Hall–Kier alpha value is -1.92. The van der Waals surface area contributed by atoms with Crippen molar-refractivity contribution >= 4 is 29.3 Å². The molecule has 0 bridgehead atoms. The highest BCUT2D eigenvalue weighted by molar-refractivity contribution is 7.66. The highest BCUT2D eigenvalue weighted by atomic mass is 31.3. The topological polar surface area (TPSA) is 266 Å². The second-order valence-electron chi connectivity index (χ2n) is 8.12. The summed E-state index contributed by atoms with van der Waals surface area (Å²) in [6.07, 6.45) is -4.51. The second-order valence-corrected chi connectivity index (χ2v) is 12.5. The average molecular weight is 635 g/mol. The number of hydrogen-bond donors (Lipinski definition) is 7. The van der Waals surface area contributed by atoms with Gasteiger partial charge in [0.05, 0.1) is 13.2 Å². The maximum absolute atomic E-state index is 13.2. The third-order valence-corrected chi connectivity index (χ3v) is 8.84. The lowest BCUT2D eigenvalue weighted by atomic mass is 10.1. The van der Waals surface area contributed by atoms with E-state index in [-0.39, 0.29) is 18.2 Å². The fourth-order valence-corrected chi connectivity index (χ4v) is 6.43. The number of ether oxygens (including phenoxy) is 1. The molecule has 2 unspecified atom stereocenters. The Kier molecular flexibility index (Phi) is 10.9. The molecule has 1 saturated heterocycles. The smallest absolute Gasteiger partial charge is 0.387 e. The quantitative estimate of drug-likeness (QED) is 0.0837. The van der Waals surface area contributed by atoms with E-state index < -0.39 is 60.3 Å². The van der Waals surface area contributed by atoms with E-state index in [1.807, 2.05) is 0 Å². The Morgan fingerprint density at radius 2 is 1.77 bits per heavy atom. The van der Waals surface area contributed by atoms with Crippen LogP contribution in [0.1, 0.15) is 18.2 Å². The van der Waals surface area contributed by atoms with E-state index in [0.29, 0.717) is 12.8 Å². The lowest BCUT2D eigenvalue weighted by Crippen LogP contribution is -2.36. The van der Waals surface area contributed by atoms with Crippen LogP contribution in [-0.4, -0.2) is 70.9 Å². The number of phosphoric ester groups is 1. The molecule has 3 rings (SSSR count). The number of aliphatic hydroxyl groups excluding tert-OH is 2. The van der Waals surface area contributed by atoms with Crippen LogP contribution >= 0.6 is 23.5 Å². The standard InChI is InChI=1S/C18H25FN3O15P3/c19-12-5-1-3-11(9-12)4-2-8-33-21-14-6-7-22(18(25)20-14)17-16(24)15(23)13(35-17)10-34-39(29,30)37-40(31,32)36-38(26,27)28/h1,3,5-7,9,13,15-17,23-24H,2,4,8,10H2,(H,29,30)(H,31,32)(H,20,21,25)(H2,26,27,28)/t13-,15-,16-,17-/m1/s1. The first-order valence-corrected chi connectivity index (χ1v) is 15.6. The predicted molar refractivity (Wildman–Crippen MR) is 129 cm³/mol. The Morgan fingerprint density at radius 3 is 2.42 bits per heavy atom. The number of rotatable bonds is 14.